The first-order chi connectivity index (χ1) is 19.0. The molecule has 0 aromatic heterocycles. The Balaban J connectivity index is 3.28. The van der Waals surface area contributed by atoms with E-state index >= 15 is 0 Å². The summed E-state index contributed by atoms with van der Waals surface area (Å²) in [6.45, 7) is 18.9. The van der Waals surface area contributed by atoms with Crippen LogP contribution in [0, 0.1) is 11.5 Å². The molecule has 2 atom stereocenters. The fourth-order valence-corrected chi connectivity index (χ4v) is 5.25. The van der Waals surface area contributed by atoms with Crippen molar-refractivity contribution in [3.63, 3.8) is 0 Å². The SMILES string of the molecule is COCOc1cc(/C=C/CC[C@@H](C=O)O[Si](C)(C)C(C)(C)C)c(C(=O)O[C@@H](C)CC#C[Si](C)(C)C)c(OCOC)c1. The normalized spacial score (nSPS) is 13.7. The van der Waals surface area contributed by atoms with Gasteiger partial charge in [-0.1, -0.05) is 52.6 Å². The van der Waals surface area contributed by atoms with Crippen molar-refractivity contribution >= 4 is 34.7 Å². The number of hydrogen-bond acceptors (Lipinski definition) is 8. The summed E-state index contributed by atoms with van der Waals surface area (Å²) in [5.74, 6) is 3.34. The molecule has 0 spiro atoms. The van der Waals surface area contributed by atoms with E-state index in [1.807, 2.05) is 13.0 Å². The number of carbonyl (C=O) groups is 2. The van der Waals surface area contributed by atoms with E-state index in [2.05, 4.69) is 65.0 Å². The second-order valence-corrected chi connectivity index (χ2v) is 22.0. The lowest BCUT2D eigenvalue weighted by molar-refractivity contribution is -0.114. The molecule has 1 aromatic carbocycles. The molecule has 0 aliphatic carbocycles. The number of ether oxygens (including phenoxy) is 5. The second kappa shape index (κ2) is 16.9. The zero-order valence-electron chi connectivity index (χ0n) is 26.8. The standard InChI is InChI=1S/C31H50O8Si2/c1-24(15-14-18-40(7,8)9)38-30(33)29-25(19-27(36-22-34-5)20-28(29)37-23-35-6)16-12-13-17-26(21-32)39-41(10,11)31(2,3)4/h12,16,19-21,24,26H,13,15,17,22-23H2,1-11H3/b16-12+/t24-,26-/m0/s1. The van der Waals surface area contributed by atoms with Crippen LogP contribution in [-0.4, -0.2) is 68.7 Å². The second-order valence-electron chi connectivity index (χ2n) is 12.5. The lowest BCUT2D eigenvalue weighted by atomic mass is 10.0. The highest BCUT2D eigenvalue weighted by Gasteiger charge is 2.39. The van der Waals surface area contributed by atoms with Gasteiger partial charge in [0, 0.05) is 26.7 Å². The molecule has 0 unspecified atom stereocenters. The van der Waals surface area contributed by atoms with E-state index in [-0.39, 0.29) is 29.9 Å². The van der Waals surface area contributed by atoms with Crippen molar-refractivity contribution in [2.24, 2.45) is 0 Å². The number of aldehydes is 1. The molecule has 8 nitrogen and oxygen atoms in total. The Bertz CT molecular complexity index is 1070. The molecule has 0 aliphatic heterocycles. The summed E-state index contributed by atoms with van der Waals surface area (Å²) < 4.78 is 33.6. The number of hydrogen-bond donors (Lipinski definition) is 0. The lowest BCUT2D eigenvalue weighted by Gasteiger charge is -2.38. The van der Waals surface area contributed by atoms with Crippen molar-refractivity contribution in [2.45, 2.75) is 96.9 Å². The van der Waals surface area contributed by atoms with Gasteiger partial charge in [0.1, 0.15) is 43.6 Å². The first-order valence-electron chi connectivity index (χ1n) is 14.0. The van der Waals surface area contributed by atoms with Gasteiger partial charge in [0.15, 0.2) is 21.9 Å². The Hall–Kier alpha value is -2.43. The number of benzene rings is 1. The highest BCUT2D eigenvalue weighted by molar-refractivity contribution is 6.83. The van der Waals surface area contributed by atoms with Gasteiger partial charge in [-0.15, -0.1) is 11.5 Å². The Morgan fingerprint density at radius 2 is 1.66 bits per heavy atom. The highest BCUT2D eigenvalue weighted by atomic mass is 28.4. The summed E-state index contributed by atoms with van der Waals surface area (Å²) in [5.41, 5.74) is 4.09. The molecule has 0 saturated carbocycles. The molecule has 1 rings (SSSR count). The Labute approximate surface area is 249 Å². The quantitative estimate of drug-likeness (QED) is 0.0664. The minimum Gasteiger partial charge on any atom is -0.467 e. The summed E-state index contributed by atoms with van der Waals surface area (Å²) >= 11 is 0. The molecule has 0 bridgehead atoms. The van der Waals surface area contributed by atoms with Crippen LogP contribution in [0.15, 0.2) is 18.2 Å². The molecule has 0 fully saturated rings. The van der Waals surface area contributed by atoms with Crippen LogP contribution in [0.2, 0.25) is 37.8 Å². The first-order valence-corrected chi connectivity index (χ1v) is 20.4. The zero-order chi connectivity index (χ0) is 31.3. The monoisotopic (exact) mass is 606 g/mol. The maximum Gasteiger partial charge on any atom is 0.342 e. The predicted molar refractivity (Wildman–Crippen MR) is 168 cm³/mol. The molecule has 0 amide bonds. The van der Waals surface area contributed by atoms with Crippen LogP contribution >= 0.6 is 0 Å². The number of allylic oxidation sites excluding steroid dienone is 1. The van der Waals surface area contributed by atoms with Gasteiger partial charge < -0.3 is 32.9 Å². The van der Waals surface area contributed by atoms with Crippen LogP contribution in [0.4, 0.5) is 0 Å². The lowest BCUT2D eigenvalue weighted by Crippen LogP contribution is -2.44. The zero-order valence-corrected chi connectivity index (χ0v) is 28.8. The summed E-state index contributed by atoms with van der Waals surface area (Å²) in [7, 11) is -0.600. The Kier molecular flexibility index (Phi) is 15.1. The van der Waals surface area contributed by atoms with Gasteiger partial charge in [-0.2, -0.15) is 0 Å². The summed E-state index contributed by atoms with van der Waals surface area (Å²) in [5, 5.41) is -0.00197. The van der Waals surface area contributed by atoms with E-state index in [4.69, 9.17) is 28.1 Å². The van der Waals surface area contributed by atoms with Gasteiger partial charge in [-0.3, -0.25) is 0 Å². The third-order valence-electron chi connectivity index (χ3n) is 6.47. The van der Waals surface area contributed by atoms with E-state index in [0.717, 1.165) is 6.29 Å². The highest BCUT2D eigenvalue weighted by Crippen LogP contribution is 2.37. The maximum atomic E-state index is 13.4. The summed E-state index contributed by atoms with van der Waals surface area (Å²) in [6, 6.07) is 3.34. The third kappa shape index (κ3) is 13.4. The van der Waals surface area contributed by atoms with Crippen molar-refractivity contribution in [1.82, 2.24) is 0 Å². The van der Waals surface area contributed by atoms with E-state index in [0.29, 0.717) is 30.6 Å². The predicted octanol–water partition coefficient (Wildman–Crippen LogP) is 6.85. The van der Waals surface area contributed by atoms with Crippen molar-refractivity contribution < 1.29 is 37.7 Å². The van der Waals surface area contributed by atoms with Crippen molar-refractivity contribution in [1.29, 1.82) is 0 Å². The number of esters is 1. The van der Waals surface area contributed by atoms with Gasteiger partial charge in [0.25, 0.3) is 0 Å². The van der Waals surface area contributed by atoms with Crippen molar-refractivity contribution in [3.8, 4) is 23.0 Å². The molecule has 0 radical (unpaired) electrons. The Morgan fingerprint density at radius 1 is 1.02 bits per heavy atom. The first kappa shape index (κ1) is 36.6. The van der Waals surface area contributed by atoms with E-state index in [1.54, 1.807) is 18.2 Å². The number of rotatable bonds is 16. The van der Waals surface area contributed by atoms with Gasteiger partial charge in [0.05, 0.1) is 0 Å². The fourth-order valence-electron chi connectivity index (χ4n) is 3.33. The van der Waals surface area contributed by atoms with Crippen LogP contribution in [0.25, 0.3) is 6.08 Å². The minimum absolute atomic E-state index is 0.00197. The smallest absolute Gasteiger partial charge is 0.342 e. The van der Waals surface area contributed by atoms with Crippen LogP contribution < -0.4 is 9.47 Å². The average molecular weight is 607 g/mol. The molecule has 0 heterocycles. The van der Waals surface area contributed by atoms with Crippen LogP contribution in [-0.2, 0) is 23.4 Å². The largest absolute Gasteiger partial charge is 0.467 e. The number of carbonyl (C=O) groups excluding carboxylic acids is 2. The van der Waals surface area contributed by atoms with Gasteiger partial charge in [-0.05, 0) is 49.5 Å². The van der Waals surface area contributed by atoms with E-state index < -0.39 is 34.6 Å². The van der Waals surface area contributed by atoms with Gasteiger partial charge in [-0.25, -0.2) is 4.79 Å². The molecular formula is C31H50O8Si2. The number of methoxy groups -OCH3 is 2. The fraction of sp³-hybridized carbons (Fsp3) is 0.613. The van der Waals surface area contributed by atoms with Crippen LogP contribution in [0.5, 0.6) is 11.5 Å². The van der Waals surface area contributed by atoms with Crippen LogP contribution in [0.3, 0.4) is 0 Å². The molecule has 0 N–H and O–H groups in total. The minimum atomic E-state index is -2.09. The third-order valence-corrected chi connectivity index (χ3v) is 11.9. The Morgan fingerprint density at radius 3 is 2.22 bits per heavy atom. The van der Waals surface area contributed by atoms with Gasteiger partial charge >= 0.3 is 5.97 Å². The molecule has 1 aromatic rings. The average Bonchev–Trinajstić information content (AvgIpc) is 2.86. The molecular weight excluding hydrogens is 557 g/mol. The topological polar surface area (TPSA) is 89.5 Å². The van der Waals surface area contributed by atoms with Crippen LogP contribution in [0.1, 0.15) is 62.9 Å². The molecule has 41 heavy (non-hydrogen) atoms. The summed E-state index contributed by atoms with van der Waals surface area (Å²) in [6.07, 6.45) is 5.19. The van der Waals surface area contributed by atoms with Crippen molar-refractivity contribution in [3.05, 3.63) is 29.3 Å². The maximum absolute atomic E-state index is 13.4. The van der Waals surface area contributed by atoms with Gasteiger partial charge in [0.2, 0.25) is 0 Å². The summed E-state index contributed by atoms with van der Waals surface area (Å²) in [4.78, 5) is 25.2. The van der Waals surface area contributed by atoms with E-state index in [9.17, 15) is 9.59 Å². The molecule has 230 valence electrons. The van der Waals surface area contributed by atoms with Crippen molar-refractivity contribution in [2.75, 3.05) is 27.8 Å². The molecule has 0 aliphatic rings. The molecule has 0 saturated heterocycles. The molecule has 10 heteroatoms. The van der Waals surface area contributed by atoms with E-state index in [1.165, 1.54) is 14.2 Å².